The van der Waals surface area contributed by atoms with Crippen molar-refractivity contribution >= 4 is 29.7 Å². The summed E-state index contributed by atoms with van der Waals surface area (Å²) in [5.41, 5.74) is 16.8. The first-order chi connectivity index (χ1) is 18.1. The number of aliphatic hydroxyl groups excluding tert-OH is 1. The van der Waals surface area contributed by atoms with Crippen LogP contribution in [0.15, 0.2) is 30.3 Å². The number of ketones is 2. The molecule has 0 aliphatic carbocycles. The SMILES string of the molecule is CN[C@@H](Cc1ccccc1)C(=O)C(=O)[C@H](CCCNC(N)N)NC(=O)[C@H](CCC(=O)O)NN[C@H](C=O)CO. The highest BCUT2D eigenvalue weighted by Gasteiger charge is 2.33. The van der Waals surface area contributed by atoms with E-state index in [2.05, 4.69) is 26.8 Å². The molecule has 212 valence electrons. The number of carboxylic acid groups (broad SMARTS) is 1. The number of carboxylic acids is 1. The van der Waals surface area contributed by atoms with Crippen LogP contribution in [0.4, 0.5) is 0 Å². The lowest BCUT2D eigenvalue weighted by Crippen LogP contribution is -2.58. The number of benzene rings is 1. The van der Waals surface area contributed by atoms with Gasteiger partial charge in [0.1, 0.15) is 18.6 Å². The molecule has 38 heavy (non-hydrogen) atoms. The molecular formula is C24H39N7O7. The zero-order valence-corrected chi connectivity index (χ0v) is 21.4. The van der Waals surface area contributed by atoms with Gasteiger partial charge in [0.25, 0.3) is 0 Å². The Kier molecular flexibility index (Phi) is 15.8. The summed E-state index contributed by atoms with van der Waals surface area (Å²) in [4.78, 5) is 61.5. The Bertz CT molecular complexity index is 901. The van der Waals surface area contributed by atoms with Crippen LogP contribution in [0.25, 0.3) is 0 Å². The fourth-order valence-electron chi connectivity index (χ4n) is 3.50. The minimum absolute atomic E-state index is 0.0739. The number of likely N-dealkylation sites (N-methyl/N-ethyl adjacent to an activating group) is 1. The van der Waals surface area contributed by atoms with E-state index in [4.69, 9.17) is 16.6 Å². The molecule has 14 nitrogen and oxygen atoms in total. The van der Waals surface area contributed by atoms with Gasteiger partial charge in [-0.05, 0) is 44.8 Å². The highest BCUT2D eigenvalue weighted by Crippen LogP contribution is 2.09. The monoisotopic (exact) mass is 537 g/mol. The molecule has 0 aliphatic rings. The van der Waals surface area contributed by atoms with Gasteiger partial charge in [-0.1, -0.05) is 30.3 Å². The van der Waals surface area contributed by atoms with E-state index in [1.54, 1.807) is 7.05 Å². The summed E-state index contributed by atoms with van der Waals surface area (Å²) < 4.78 is 0. The topological polar surface area (TPSA) is 238 Å². The molecule has 0 heterocycles. The number of carbonyl (C=O) groups excluding carboxylic acids is 4. The van der Waals surface area contributed by atoms with Crippen LogP contribution in [0.2, 0.25) is 0 Å². The average Bonchev–Trinajstić information content (AvgIpc) is 2.90. The highest BCUT2D eigenvalue weighted by atomic mass is 16.4. The van der Waals surface area contributed by atoms with Crippen LogP contribution in [-0.4, -0.2) is 90.6 Å². The van der Waals surface area contributed by atoms with Crippen LogP contribution >= 0.6 is 0 Å². The van der Waals surface area contributed by atoms with Crippen molar-refractivity contribution in [1.82, 2.24) is 26.8 Å². The Labute approximate surface area is 221 Å². The van der Waals surface area contributed by atoms with E-state index in [0.717, 1.165) is 5.56 Å². The predicted octanol–water partition coefficient (Wildman–Crippen LogP) is -3.10. The smallest absolute Gasteiger partial charge is 0.303 e. The van der Waals surface area contributed by atoms with Gasteiger partial charge in [0.2, 0.25) is 17.5 Å². The normalized spacial score (nSPS) is 14.3. The summed E-state index contributed by atoms with van der Waals surface area (Å²) in [5.74, 6) is -3.47. The van der Waals surface area contributed by atoms with Gasteiger partial charge < -0.3 is 37.1 Å². The molecule has 1 aromatic rings. The number of aldehydes is 1. The molecule has 0 aliphatic heterocycles. The van der Waals surface area contributed by atoms with E-state index in [0.29, 0.717) is 19.3 Å². The van der Waals surface area contributed by atoms with Crippen LogP contribution in [0, 0.1) is 0 Å². The lowest BCUT2D eigenvalue weighted by Gasteiger charge is -2.25. The van der Waals surface area contributed by atoms with Crippen LogP contribution in [0.1, 0.15) is 31.2 Å². The number of rotatable bonds is 21. The van der Waals surface area contributed by atoms with E-state index in [1.165, 1.54) is 0 Å². The van der Waals surface area contributed by atoms with E-state index in [1.807, 2.05) is 30.3 Å². The number of hydrazine groups is 1. The number of hydrogen-bond acceptors (Lipinski definition) is 12. The largest absolute Gasteiger partial charge is 0.481 e. The number of nitrogens with one attached hydrogen (secondary N) is 5. The van der Waals surface area contributed by atoms with Gasteiger partial charge in [-0.2, -0.15) is 0 Å². The zero-order chi connectivity index (χ0) is 28.5. The zero-order valence-electron chi connectivity index (χ0n) is 21.4. The molecule has 0 spiro atoms. The lowest BCUT2D eigenvalue weighted by molar-refractivity contribution is -0.140. The van der Waals surface area contributed by atoms with Crippen molar-refractivity contribution in [3.63, 3.8) is 0 Å². The third-order valence-corrected chi connectivity index (χ3v) is 5.64. The lowest BCUT2D eigenvalue weighted by atomic mass is 9.94. The molecule has 4 atom stereocenters. The van der Waals surface area contributed by atoms with Crippen molar-refractivity contribution in [3.05, 3.63) is 35.9 Å². The fraction of sp³-hybridized carbons (Fsp3) is 0.542. The number of amides is 1. The molecule has 0 aromatic heterocycles. The second-order valence-electron chi connectivity index (χ2n) is 8.64. The summed E-state index contributed by atoms with van der Waals surface area (Å²) >= 11 is 0. The van der Waals surface area contributed by atoms with Crippen molar-refractivity contribution in [2.24, 2.45) is 11.5 Å². The van der Waals surface area contributed by atoms with Crippen LogP contribution in [0.3, 0.4) is 0 Å². The van der Waals surface area contributed by atoms with Crippen molar-refractivity contribution < 1.29 is 34.2 Å². The molecule has 11 N–H and O–H groups in total. The summed E-state index contributed by atoms with van der Waals surface area (Å²) in [5, 5.41) is 26.4. The average molecular weight is 538 g/mol. The number of carbonyl (C=O) groups is 5. The number of aliphatic carboxylic acids is 1. The van der Waals surface area contributed by atoms with Gasteiger partial charge in [0.15, 0.2) is 0 Å². The van der Waals surface area contributed by atoms with Crippen molar-refractivity contribution in [2.45, 2.75) is 62.6 Å². The summed E-state index contributed by atoms with van der Waals surface area (Å²) in [6.45, 7) is -0.257. The molecule has 0 bridgehead atoms. The van der Waals surface area contributed by atoms with Gasteiger partial charge >= 0.3 is 5.97 Å². The van der Waals surface area contributed by atoms with Crippen LogP contribution in [-0.2, 0) is 30.4 Å². The molecule has 0 radical (unpaired) electrons. The Morgan fingerprint density at radius 2 is 1.63 bits per heavy atom. The third-order valence-electron chi connectivity index (χ3n) is 5.64. The number of nitrogens with two attached hydrogens (primary N) is 2. The minimum atomic E-state index is -1.22. The van der Waals surface area contributed by atoms with Crippen LogP contribution < -0.4 is 38.3 Å². The van der Waals surface area contributed by atoms with Gasteiger partial charge in [0.05, 0.1) is 24.7 Å². The Balaban J connectivity index is 3.05. The van der Waals surface area contributed by atoms with Gasteiger partial charge in [0, 0.05) is 6.42 Å². The van der Waals surface area contributed by atoms with Gasteiger partial charge in [-0.15, -0.1) is 0 Å². The fourth-order valence-corrected chi connectivity index (χ4v) is 3.50. The maximum Gasteiger partial charge on any atom is 0.303 e. The highest BCUT2D eigenvalue weighted by molar-refractivity contribution is 6.41. The third kappa shape index (κ3) is 12.4. The summed E-state index contributed by atoms with van der Waals surface area (Å²) in [6, 6.07) is 4.83. The Hall–Kier alpha value is -3.11. The number of aliphatic hydroxyl groups is 1. The van der Waals surface area contributed by atoms with Crippen molar-refractivity contribution in [1.29, 1.82) is 0 Å². The molecular weight excluding hydrogens is 498 g/mol. The van der Waals surface area contributed by atoms with Crippen molar-refractivity contribution in [3.8, 4) is 0 Å². The molecule has 0 saturated heterocycles. The van der Waals surface area contributed by atoms with E-state index < -0.39 is 66.9 Å². The minimum Gasteiger partial charge on any atom is -0.481 e. The second-order valence-corrected chi connectivity index (χ2v) is 8.64. The van der Waals surface area contributed by atoms with E-state index in [-0.39, 0.29) is 19.3 Å². The quantitative estimate of drug-likeness (QED) is 0.0248. The number of hydrogen-bond donors (Lipinski definition) is 9. The molecule has 0 saturated carbocycles. The first kappa shape index (κ1) is 32.9. The molecule has 14 heteroatoms. The molecule has 1 rings (SSSR count). The van der Waals surface area contributed by atoms with E-state index >= 15 is 0 Å². The summed E-state index contributed by atoms with van der Waals surface area (Å²) in [7, 11) is 1.56. The molecule has 1 aromatic carbocycles. The number of Topliss-reactive ketones (excluding diaryl/α,β-unsaturated/α-hetero) is 2. The molecule has 0 unspecified atom stereocenters. The van der Waals surface area contributed by atoms with E-state index in [9.17, 15) is 29.1 Å². The van der Waals surface area contributed by atoms with Crippen molar-refractivity contribution in [2.75, 3.05) is 20.2 Å². The Morgan fingerprint density at radius 3 is 2.18 bits per heavy atom. The molecule has 0 fully saturated rings. The van der Waals surface area contributed by atoms with Crippen LogP contribution in [0.5, 0.6) is 0 Å². The first-order valence-corrected chi connectivity index (χ1v) is 12.3. The predicted molar refractivity (Wildman–Crippen MR) is 138 cm³/mol. The van der Waals surface area contributed by atoms with Gasteiger partial charge in [-0.25, -0.2) is 10.9 Å². The standard InChI is InChI=1S/C24H39N7O7/c1-27-19(12-15-6-3-2-4-7-15)22(37)21(36)17(8-5-11-28-24(25)26)29-23(38)18(9-10-20(34)35)31-30-16(13-32)14-33/h2-4,6-7,13,16-19,24,27-28,30-31,33H,5,8-12,14,25-26H2,1H3,(H,29,38)(H,34,35)/t16-,17+,18+,19+/m1/s1. The molecule has 1 amide bonds. The second kappa shape index (κ2) is 18.2. The maximum absolute atomic E-state index is 13.3. The maximum atomic E-state index is 13.3. The Morgan fingerprint density at radius 1 is 0.974 bits per heavy atom. The summed E-state index contributed by atoms with van der Waals surface area (Å²) in [6.07, 6.45) is -0.307. The first-order valence-electron chi connectivity index (χ1n) is 12.3. The van der Waals surface area contributed by atoms with Gasteiger partial charge in [-0.3, -0.25) is 24.5 Å².